The molecule has 2 saturated carbocycles. The number of benzene rings is 1. The second-order valence-electron chi connectivity index (χ2n) is 7.43. The van der Waals surface area contributed by atoms with E-state index >= 15 is 0 Å². The third-order valence-corrected chi connectivity index (χ3v) is 5.93. The number of hydrogen-bond donors (Lipinski definition) is 1. The molecule has 1 amide bonds. The normalized spacial score (nSPS) is 26.5. The van der Waals surface area contributed by atoms with Gasteiger partial charge in [0, 0.05) is 11.6 Å². The Morgan fingerprint density at radius 1 is 1.25 bits per heavy atom. The monoisotopic (exact) mass is 324 g/mol. The molecule has 2 aromatic rings. The molecule has 1 aromatic carbocycles. The minimum atomic E-state index is -0.0668. The number of aryl methyl sites for hydroxylation is 1. The van der Waals surface area contributed by atoms with Crippen molar-refractivity contribution in [2.45, 2.75) is 45.6 Å². The molecule has 4 rings (SSSR count). The molecule has 0 saturated heterocycles. The zero-order valence-corrected chi connectivity index (χ0v) is 14.3. The molecule has 0 spiro atoms. The molecule has 24 heavy (non-hydrogen) atoms. The summed E-state index contributed by atoms with van der Waals surface area (Å²) in [6.07, 6.45) is 5.33. The Balaban J connectivity index is 1.54. The van der Waals surface area contributed by atoms with Gasteiger partial charge in [0.15, 0.2) is 0 Å². The molecule has 126 valence electrons. The lowest BCUT2D eigenvalue weighted by atomic mass is 9.84. The lowest BCUT2D eigenvalue weighted by Gasteiger charge is -2.28. The molecule has 2 fully saturated rings. The molecule has 4 heteroatoms. The number of nitrogens with one attached hydrogen (secondary N) is 1. The topological polar surface area (TPSA) is 55.1 Å². The number of hydrogen-bond acceptors (Lipinski definition) is 3. The minimum Gasteiger partial charge on any atom is -0.360 e. The van der Waals surface area contributed by atoms with Gasteiger partial charge in [-0.05, 0) is 50.9 Å². The number of fused-ring (bicyclic) bond motifs is 2. The van der Waals surface area contributed by atoms with Gasteiger partial charge in [0.2, 0.25) is 0 Å². The van der Waals surface area contributed by atoms with Crippen LogP contribution in [-0.4, -0.2) is 17.1 Å². The molecule has 0 aliphatic heterocycles. The van der Waals surface area contributed by atoms with Gasteiger partial charge in [-0.2, -0.15) is 0 Å². The molecule has 0 radical (unpaired) electrons. The van der Waals surface area contributed by atoms with Crippen LogP contribution >= 0.6 is 0 Å². The first-order valence-corrected chi connectivity index (χ1v) is 8.96. The number of rotatable bonds is 4. The van der Waals surface area contributed by atoms with Gasteiger partial charge < -0.3 is 9.84 Å². The van der Waals surface area contributed by atoms with E-state index in [0.717, 1.165) is 17.4 Å². The van der Waals surface area contributed by atoms with Gasteiger partial charge in [-0.1, -0.05) is 41.9 Å². The van der Waals surface area contributed by atoms with Gasteiger partial charge in [-0.15, -0.1) is 0 Å². The summed E-state index contributed by atoms with van der Waals surface area (Å²) in [6, 6.07) is 9.94. The summed E-state index contributed by atoms with van der Waals surface area (Å²) in [5.74, 6) is 2.81. The Morgan fingerprint density at radius 2 is 2.04 bits per heavy atom. The third kappa shape index (κ3) is 2.64. The highest BCUT2D eigenvalue weighted by Gasteiger charge is 2.42. The van der Waals surface area contributed by atoms with Crippen LogP contribution in [0.4, 0.5) is 0 Å². The number of amides is 1. The average molecular weight is 324 g/mol. The van der Waals surface area contributed by atoms with Crippen LogP contribution in [0.25, 0.3) is 11.3 Å². The molecule has 2 aliphatic rings. The first kappa shape index (κ1) is 15.4. The van der Waals surface area contributed by atoms with E-state index in [9.17, 15) is 4.79 Å². The van der Waals surface area contributed by atoms with Gasteiger partial charge in [-0.3, -0.25) is 4.79 Å². The van der Waals surface area contributed by atoms with Crippen LogP contribution < -0.4 is 5.32 Å². The summed E-state index contributed by atoms with van der Waals surface area (Å²) in [4.78, 5) is 12.9. The van der Waals surface area contributed by atoms with Gasteiger partial charge in [0.25, 0.3) is 5.91 Å². The lowest BCUT2D eigenvalue weighted by molar-refractivity contribution is 0.0914. The summed E-state index contributed by atoms with van der Waals surface area (Å²) in [7, 11) is 0. The Kier molecular flexibility index (Phi) is 3.91. The number of carbonyl (C=O) groups excluding carboxylic acids is 1. The molecule has 2 bridgehead atoms. The number of carbonyl (C=O) groups is 1. The second kappa shape index (κ2) is 6.08. The SMILES string of the molecule is Cc1onc(-c2ccccc2)c1C(=O)N[C@H](C)[C@@H]1C[C@H]2CC[C@H]1C2. The fourth-order valence-electron chi connectivity index (χ4n) is 4.72. The van der Waals surface area contributed by atoms with E-state index in [2.05, 4.69) is 17.4 Å². The Hall–Kier alpha value is -2.10. The number of aromatic nitrogens is 1. The summed E-state index contributed by atoms with van der Waals surface area (Å²) in [5.41, 5.74) is 2.11. The van der Waals surface area contributed by atoms with Crippen LogP contribution in [0.1, 0.15) is 48.7 Å². The van der Waals surface area contributed by atoms with E-state index in [-0.39, 0.29) is 11.9 Å². The van der Waals surface area contributed by atoms with E-state index in [0.29, 0.717) is 22.9 Å². The molecule has 1 N–H and O–H groups in total. The fraction of sp³-hybridized carbons (Fsp3) is 0.500. The maximum Gasteiger partial charge on any atom is 0.257 e. The molecule has 1 heterocycles. The Morgan fingerprint density at radius 3 is 2.71 bits per heavy atom. The number of nitrogens with zero attached hydrogens (tertiary/aromatic N) is 1. The van der Waals surface area contributed by atoms with Crippen molar-refractivity contribution in [1.82, 2.24) is 10.5 Å². The predicted octanol–water partition coefficient (Wildman–Crippen LogP) is 4.20. The van der Waals surface area contributed by atoms with E-state index in [1.807, 2.05) is 30.3 Å². The van der Waals surface area contributed by atoms with E-state index in [1.165, 1.54) is 25.7 Å². The summed E-state index contributed by atoms with van der Waals surface area (Å²) >= 11 is 0. The fourth-order valence-corrected chi connectivity index (χ4v) is 4.72. The van der Waals surface area contributed by atoms with Gasteiger partial charge in [0.1, 0.15) is 17.0 Å². The molecular formula is C20H24N2O2. The second-order valence-corrected chi connectivity index (χ2v) is 7.43. The van der Waals surface area contributed by atoms with Crippen LogP contribution in [0.15, 0.2) is 34.9 Å². The van der Waals surface area contributed by atoms with Crippen molar-refractivity contribution in [2.24, 2.45) is 17.8 Å². The summed E-state index contributed by atoms with van der Waals surface area (Å²) in [6.45, 7) is 3.95. The van der Waals surface area contributed by atoms with Crippen molar-refractivity contribution in [1.29, 1.82) is 0 Å². The van der Waals surface area contributed by atoms with Crippen LogP contribution in [0.5, 0.6) is 0 Å². The molecule has 0 unspecified atom stereocenters. The summed E-state index contributed by atoms with van der Waals surface area (Å²) in [5, 5.41) is 7.34. The maximum absolute atomic E-state index is 12.9. The largest absolute Gasteiger partial charge is 0.360 e. The predicted molar refractivity (Wildman–Crippen MR) is 92.5 cm³/mol. The van der Waals surface area contributed by atoms with Gasteiger partial charge in [-0.25, -0.2) is 0 Å². The van der Waals surface area contributed by atoms with Crippen molar-refractivity contribution in [2.75, 3.05) is 0 Å². The molecule has 4 atom stereocenters. The Labute approximate surface area is 142 Å². The van der Waals surface area contributed by atoms with E-state index < -0.39 is 0 Å². The summed E-state index contributed by atoms with van der Waals surface area (Å²) < 4.78 is 5.32. The van der Waals surface area contributed by atoms with Crippen LogP contribution in [0.3, 0.4) is 0 Å². The van der Waals surface area contributed by atoms with Gasteiger partial charge >= 0.3 is 0 Å². The van der Waals surface area contributed by atoms with Crippen molar-refractivity contribution in [3.05, 3.63) is 41.7 Å². The van der Waals surface area contributed by atoms with Crippen LogP contribution in [-0.2, 0) is 0 Å². The smallest absolute Gasteiger partial charge is 0.257 e. The zero-order chi connectivity index (χ0) is 16.7. The third-order valence-electron chi connectivity index (χ3n) is 5.93. The highest BCUT2D eigenvalue weighted by atomic mass is 16.5. The lowest BCUT2D eigenvalue weighted by Crippen LogP contribution is -2.40. The van der Waals surface area contributed by atoms with Crippen molar-refractivity contribution >= 4 is 5.91 Å². The average Bonchev–Trinajstić information content (AvgIpc) is 3.30. The van der Waals surface area contributed by atoms with Crippen molar-refractivity contribution < 1.29 is 9.32 Å². The van der Waals surface area contributed by atoms with E-state index in [1.54, 1.807) is 6.92 Å². The highest BCUT2D eigenvalue weighted by molar-refractivity contribution is 6.00. The molecule has 2 aliphatic carbocycles. The van der Waals surface area contributed by atoms with Crippen molar-refractivity contribution in [3.63, 3.8) is 0 Å². The van der Waals surface area contributed by atoms with Crippen LogP contribution in [0, 0.1) is 24.7 Å². The first-order chi connectivity index (χ1) is 11.6. The highest BCUT2D eigenvalue weighted by Crippen LogP contribution is 2.49. The standard InChI is InChI=1S/C20H24N2O2/c1-12(17-11-14-8-9-16(17)10-14)21-20(23)18-13(2)24-22-19(18)15-6-4-3-5-7-15/h3-7,12,14,16-17H,8-11H2,1-2H3,(H,21,23)/t12-,14+,16+,17+/m1/s1. The first-order valence-electron chi connectivity index (χ1n) is 8.96. The minimum absolute atomic E-state index is 0.0668. The zero-order valence-electron chi connectivity index (χ0n) is 14.3. The Bertz CT molecular complexity index is 737. The van der Waals surface area contributed by atoms with Gasteiger partial charge in [0.05, 0.1) is 0 Å². The molecule has 4 nitrogen and oxygen atoms in total. The van der Waals surface area contributed by atoms with Crippen LogP contribution in [0.2, 0.25) is 0 Å². The quantitative estimate of drug-likeness (QED) is 0.917. The van der Waals surface area contributed by atoms with E-state index in [4.69, 9.17) is 4.52 Å². The maximum atomic E-state index is 12.9. The molecule has 1 aromatic heterocycles. The van der Waals surface area contributed by atoms with Crippen molar-refractivity contribution in [3.8, 4) is 11.3 Å². The molecular weight excluding hydrogens is 300 g/mol.